The summed E-state index contributed by atoms with van der Waals surface area (Å²) in [5.74, 6) is 0. The Morgan fingerprint density at radius 1 is 0.947 bits per heavy atom. The summed E-state index contributed by atoms with van der Waals surface area (Å²) in [5.41, 5.74) is 9.29. The third-order valence-electron chi connectivity index (χ3n) is 3.05. The van der Waals surface area contributed by atoms with Gasteiger partial charge in [0, 0.05) is 24.7 Å². The van der Waals surface area contributed by atoms with Gasteiger partial charge in [-0.2, -0.15) is 0 Å². The van der Waals surface area contributed by atoms with Crippen LogP contribution in [-0.2, 0) is 19.6 Å². The van der Waals surface area contributed by atoms with Crippen LogP contribution in [0.15, 0.2) is 48.5 Å². The zero-order valence-corrected chi connectivity index (χ0v) is 11.9. The molecule has 2 aromatic carbocycles. The molecule has 0 saturated carbocycles. The molecule has 0 amide bonds. The largest absolute Gasteiger partial charge is 0.326 e. The van der Waals surface area contributed by atoms with E-state index in [9.17, 15) is 0 Å². The van der Waals surface area contributed by atoms with Crippen molar-refractivity contribution in [2.24, 2.45) is 5.73 Å². The first-order chi connectivity index (χ1) is 9.17. The quantitative estimate of drug-likeness (QED) is 0.905. The molecule has 0 spiro atoms. The molecule has 0 heterocycles. The van der Waals surface area contributed by atoms with E-state index in [0.29, 0.717) is 6.54 Å². The van der Waals surface area contributed by atoms with Gasteiger partial charge in [-0.05, 0) is 35.9 Å². The van der Waals surface area contributed by atoms with Crippen LogP contribution < -0.4 is 5.73 Å². The molecule has 19 heavy (non-hydrogen) atoms. The minimum Gasteiger partial charge on any atom is -0.326 e. The van der Waals surface area contributed by atoms with Gasteiger partial charge >= 0.3 is 0 Å². The number of halogens is 1. The average molecular weight is 275 g/mol. The lowest BCUT2D eigenvalue weighted by atomic mass is 10.1. The maximum Gasteiger partial charge on any atom is 0.0409 e. The van der Waals surface area contributed by atoms with Crippen molar-refractivity contribution < 1.29 is 0 Å². The fourth-order valence-electron chi connectivity index (χ4n) is 2.10. The maximum atomic E-state index is 5.99. The van der Waals surface area contributed by atoms with Crippen LogP contribution in [-0.4, -0.2) is 11.9 Å². The van der Waals surface area contributed by atoms with E-state index >= 15 is 0 Å². The van der Waals surface area contributed by atoms with Crippen LogP contribution in [0.5, 0.6) is 0 Å². The highest BCUT2D eigenvalue weighted by Crippen LogP contribution is 2.13. The van der Waals surface area contributed by atoms with Crippen LogP contribution in [0.1, 0.15) is 16.7 Å². The lowest BCUT2D eigenvalue weighted by Crippen LogP contribution is -2.17. The van der Waals surface area contributed by atoms with Crippen molar-refractivity contribution in [3.8, 4) is 0 Å². The molecule has 0 unspecified atom stereocenters. The zero-order valence-electron chi connectivity index (χ0n) is 11.1. The second-order valence-electron chi connectivity index (χ2n) is 4.82. The molecule has 0 aromatic heterocycles. The second kappa shape index (κ2) is 6.71. The lowest BCUT2D eigenvalue weighted by molar-refractivity contribution is 0.319. The predicted octanol–water partition coefficient (Wildman–Crippen LogP) is 3.43. The van der Waals surface area contributed by atoms with Crippen molar-refractivity contribution in [1.82, 2.24) is 4.90 Å². The van der Waals surface area contributed by atoms with Gasteiger partial charge in [-0.1, -0.05) is 48.0 Å². The van der Waals surface area contributed by atoms with Crippen molar-refractivity contribution >= 4 is 11.6 Å². The van der Waals surface area contributed by atoms with Gasteiger partial charge in [-0.25, -0.2) is 0 Å². The molecule has 2 nitrogen and oxygen atoms in total. The predicted molar refractivity (Wildman–Crippen MR) is 81.0 cm³/mol. The Morgan fingerprint density at radius 2 is 1.58 bits per heavy atom. The minimum atomic E-state index is 0.596. The van der Waals surface area contributed by atoms with Crippen molar-refractivity contribution in [3.05, 3.63) is 70.2 Å². The van der Waals surface area contributed by atoms with Crippen molar-refractivity contribution in [1.29, 1.82) is 0 Å². The van der Waals surface area contributed by atoms with Crippen LogP contribution in [0, 0.1) is 0 Å². The van der Waals surface area contributed by atoms with E-state index in [-0.39, 0.29) is 0 Å². The Kier molecular flexibility index (Phi) is 4.97. The van der Waals surface area contributed by atoms with Crippen molar-refractivity contribution in [3.63, 3.8) is 0 Å². The summed E-state index contributed by atoms with van der Waals surface area (Å²) in [6, 6.07) is 16.4. The second-order valence-corrected chi connectivity index (χ2v) is 5.26. The SMILES string of the molecule is CN(Cc1ccc(CN)cc1)Cc1cccc(Cl)c1. The molecule has 3 heteroatoms. The van der Waals surface area contributed by atoms with Crippen LogP contribution in [0.4, 0.5) is 0 Å². The number of nitrogens with zero attached hydrogens (tertiary/aromatic N) is 1. The van der Waals surface area contributed by atoms with Gasteiger partial charge in [0.15, 0.2) is 0 Å². The molecule has 0 aliphatic carbocycles. The fraction of sp³-hybridized carbons (Fsp3) is 0.250. The van der Waals surface area contributed by atoms with E-state index in [1.54, 1.807) is 0 Å². The highest BCUT2D eigenvalue weighted by molar-refractivity contribution is 6.30. The van der Waals surface area contributed by atoms with E-state index in [1.807, 2.05) is 18.2 Å². The molecule has 0 radical (unpaired) electrons. The van der Waals surface area contributed by atoms with Gasteiger partial charge in [-0.15, -0.1) is 0 Å². The smallest absolute Gasteiger partial charge is 0.0409 e. The summed E-state index contributed by atoms with van der Waals surface area (Å²) in [6.45, 7) is 2.40. The van der Waals surface area contributed by atoms with Gasteiger partial charge in [0.25, 0.3) is 0 Å². The molecule has 2 N–H and O–H groups in total. The van der Waals surface area contributed by atoms with Gasteiger partial charge < -0.3 is 5.73 Å². The summed E-state index contributed by atoms with van der Waals surface area (Å²) >= 11 is 5.99. The first-order valence-electron chi connectivity index (χ1n) is 6.38. The third kappa shape index (κ3) is 4.35. The molecule has 2 rings (SSSR count). The molecule has 2 aromatic rings. The van der Waals surface area contributed by atoms with Crippen LogP contribution >= 0.6 is 11.6 Å². The Labute approximate surface area is 119 Å². The van der Waals surface area contributed by atoms with Crippen LogP contribution in [0.25, 0.3) is 0 Å². The molecule has 0 saturated heterocycles. The van der Waals surface area contributed by atoms with Gasteiger partial charge in [0.05, 0.1) is 0 Å². The zero-order chi connectivity index (χ0) is 13.7. The molecule has 0 bridgehead atoms. The standard InChI is InChI=1S/C16H19ClN2/c1-19(12-15-3-2-4-16(17)9-15)11-14-7-5-13(10-18)6-8-14/h2-9H,10-12,18H2,1H3. The topological polar surface area (TPSA) is 29.3 Å². The number of rotatable bonds is 5. The summed E-state index contributed by atoms with van der Waals surface area (Å²) < 4.78 is 0. The molecule has 100 valence electrons. The van der Waals surface area contributed by atoms with Gasteiger partial charge in [-0.3, -0.25) is 4.90 Å². The summed E-state index contributed by atoms with van der Waals surface area (Å²) in [5, 5.41) is 0.790. The minimum absolute atomic E-state index is 0.596. The van der Waals surface area contributed by atoms with Gasteiger partial charge in [0.2, 0.25) is 0 Å². The monoisotopic (exact) mass is 274 g/mol. The molecule has 0 aliphatic rings. The Balaban J connectivity index is 1.95. The fourth-order valence-corrected chi connectivity index (χ4v) is 2.31. The number of hydrogen-bond acceptors (Lipinski definition) is 2. The highest BCUT2D eigenvalue weighted by Gasteiger charge is 2.02. The average Bonchev–Trinajstić information content (AvgIpc) is 2.39. The normalized spacial score (nSPS) is 10.9. The Morgan fingerprint density at radius 3 is 2.21 bits per heavy atom. The maximum absolute atomic E-state index is 5.99. The van der Waals surface area contributed by atoms with E-state index in [4.69, 9.17) is 17.3 Å². The lowest BCUT2D eigenvalue weighted by Gasteiger charge is -2.17. The molecular formula is C16H19ClN2. The molecule has 0 fully saturated rings. The number of hydrogen-bond donors (Lipinski definition) is 1. The Bertz CT molecular complexity index is 523. The first-order valence-corrected chi connectivity index (χ1v) is 6.76. The molecule has 0 atom stereocenters. The number of nitrogens with two attached hydrogens (primary N) is 1. The highest BCUT2D eigenvalue weighted by atomic mass is 35.5. The van der Waals surface area contributed by atoms with Crippen LogP contribution in [0.2, 0.25) is 5.02 Å². The van der Waals surface area contributed by atoms with Crippen molar-refractivity contribution in [2.75, 3.05) is 7.05 Å². The summed E-state index contributed by atoms with van der Waals surface area (Å²) in [7, 11) is 2.11. The van der Waals surface area contributed by atoms with E-state index in [2.05, 4.69) is 42.3 Å². The Hall–Kier alpha value is -1.35. The molecule has 0 aliphatic heterocycles. The van der Waals surface area contributed by atoms with E-state index in [0.717, 1.165) is 18.1 Å². The third-order valence-corrected chi connectivity index (χ3v) is 3.29. The van der Waals surface area contributed by atoms with Gasteiger partial charge in [0.1, 0.15) is 0 Å². The van der Waals surface area contributed by atoms with E-state index in [1.165, 1.54) is 16.7 Å². The molecular weight excluding hydrogens is 256 g/mol. The number of benzene rings is 2. The summed E-state index contributed by atoms with van der Waals surface area (Å²) in [6.07, 6.45) is 0. The van der Waals surface area contributed by atoms with Crippen LogP contribution in [0.3, 0.4) is 0 Å². The van der Waals surface area contributed by atoms with E-state index < -0.39 is 0 Å². The van der Waals surface area contributed by atoms with Crippen molar-refractivity contribution in [2.45, 2.75) is 19.6 Å². The summed E-state index contributed by atoms with van der Waals surface area (Å²) in [4.78, 5) is 2.27. The first kappa shape index (κ1) is 14.1.